The third kappa shape index (κ3) is 5.11. The lowest BCUT2D eigenvalue weighted by Gasteiger charge is -2.05. The summed E-state index contributed by atoms with van der Waals surface area (Å²) in [7, 11) is -3.71. The first-order chi connectivity index (χ1) is 13.6. The molecule has 0 saturated heterocycles. The van der Waals surface area contributed by atoms with Crippen LogP contribution in [0.2, 0.25) is 0 Å². The smallest absolute Gasteiger partial charge is 0.263 e. The molecule has 0 fully saturated rings. The number of hydrogen-bond acceptors (Lipinski definition) is 6. The van der Waals surface area contributed by atoms with E-state index in [0.29, 0.717) is 29.4 Å². The second-order valence-corrected chi connectivity index (χ2v) is 9.85. The van der Waals surface area contributed by atoms with E-state index < -0.39 is 10.0 Å². The van der Waals surface area contributed by atoms with Crippen molar-refractivity contribution in [1.29, 1.82) is 0 Å². The Balaban J connectivity index is 1.66. The van der Waals surface area contributed by atoms with Crippen molar-refractivity contribution in [2.45, 2.75) is 31.6 Å². The van der Waals surface area contributed by atoms with Gasteiger partial charge in [0.05, 0.1) is 10.6 Å². The third-order valence-electron chi connectivity index (χ3n) is 4.43. The van der Waals surface area contributed by atoms with Gasteiger partial charge in [-0.25, -0.2) is 18.5 Å². The summed E-state index contributed by atoms with van der Waals surface area (Å²) in [6, 6.07) is 10.2. The molecule has 5 N–H and O–H groups in total. The molecule has 2 heterocycles. The van der Waals surface area contributed by atoms with Crippen molar-refractivity contribution in [3.8, 4) is 0 Å². The lowest BCUT2D eigenvalue weighted by Crippen LogP contribution is -2.25. The van der Waals surface area contributed by atoms with E-state index in [4.69, 9.17) is 10.9 Å². The maximum Gasteiger partial charge on any atom is 0.263 e. The van der Waals surface area contributed by atoms with Gasteiger partial charge in [-0.1, -0.05) is 26.0 Å². The maximum absolute atomic E-state index is 12.6. The monoisotopic (exact) mass is 432 g/mol. The fraction of sp³-hybridized carbons (Fsp3) is 0.300. The van der Waals surface area contributed by atoms with Gasteiger partial charge in [-0.05, 0) is 48.6 Å². The van der Waals surface area contributed by atoms with Crippen LogP contribution in [0.3, 0.4) is 0 Å². The van der Waals surface area contributed by atoms with E-state index in [0.717, 1.165) is 27.9 Å². The molecule has 0 spiro atoms. The summed E-state index contributed by atoms with van der Waals surface area (Å²) in [5, 5.41) is 8.75. The molecule has 9 heteroatoms. The minimum Gasteiger partial charge on any atom is -0.397 e. The number of benzene rings is 1. The number of aromatic nitrogens is 1. The van der Waals surface area contributed by atoms with Gasteiger partial charge in [0.25, 0.3) is 5.91 Å². The van der Waals surface area contributed by atoms with E-state index in [1.807, 2.05) is 12.1 Å². The molecule has 0 atom stereocenters. The summed E-state index contributed by atoms with van der Waals surface area (Å²) in [5.41, 5.74) is 8.50. The standard InChI is InChI=1S/C20H24N4O3S2/c1-12(2)11-14-5-8-16-17(21)18(28-20(16)24-14)19(25)23-10-9-13-3-6-15(7-4-13)29(22,26)27/h3-8,12H,9-11,21H2,1-2H3,(H,23,25)(H2,22,26,27). The van der Waals surface area contributed by atoms with Crippen molar-refractivity contribution in [2.75, 3.05) is 12.3 Å². The van der Waals surface area contributed by atoms with Crippen LogP contribution in [-0.4, -0.2) is 25.9 Å². The van der Waals surface area contributed by atoms with Gasteiger partial charge >= 0.3 is 0 Å². The van der Waals surface area contributed by atoms with Crippen LogP contribution in [0.25, 0.3) is 10.2 Å². The quantitative estimate of drug-likeness (QED) is 0.529. The second kappa shape index (κ2) is 8.48. The largest absolute Gasteiger partial charge is 0.397 e. The van der Waals surface area contributed by atoms with Crippen molar-refractivity contribution in [3.63, 3.8) is 0 Å². The van der Waals surface area contributed by atoms with Crippen LogP contribution in [0.1, 0.15) is 34.8 Å². The predicted molar refractivity (Wildman–Crippen MR) is 116 cm³/mol. The first-order valence-corrected chi connectivity index (χ1v) is 11.6. The summed E-state index contributed by atoms with van der Waals surface area (Å²) >= 11 is 1.30. The van der Waals surface area contributed by atoms with Crippen LogP contribution in [0.15, 0.2) is 41.3 Å². The topological polar surface area (TPSA) is 128 Å². The number of pyridine rings is 1. The first-order valence-electron chi connectivity index (χ1n) is 9.23. The van der Waals surface area contributed by atoms with E-state index in [1.54, 1.807) is 12.1 Å². The first kappa shape index (κ1) is 21.2. The molecule has 0 unspecified atom stereocenters. The van der Waals surface area contributed by atoms with Crippen molar-refractivity contribution < 1.29 is 13.2 Å². The Labute approximate surface area is 174 Å². The highest BCUT2D eigenvalue weighted by molar-refractivity contribution is 7.89. The molecule has 0 saturated carbocycles. The number of nitrogens with one attached hydrogen (secondary N) is 1. The van der Waals surface area contributed by atoms with Gasteiger partial charge in [0.1, 0.15) is 9.71 Å². The molecule has 1 aromatic carbocycles. The predicted octanol–water partition coefficient (Wildman–Crippen LogP) is 2.70. The zero-order valence-electron chi connectivity index (χ0n) is 16.3. The molecule has 3 rings (SSSR count). The molecule has 0 radical (unpaired) electrons. The summed E-state index contributed by atoms with van der Waals surface area (Å²) in [6.07, 6.45) is 1.43. The molecule has 29 heavy (non-hydrogen) atoms. The van der Waals surface area contributed by atoms with Crippen LogP contribution >= 0.6 is 11.3 Å². The molecule has 1 amide bonds. The van der Waals surface area contributed by atoms with Gasteiger partial charge in [-0.15, -0.1) is 11.3 Å². The highest BCUT2D eigenvalue weighted by atomic mass is 32.2. The van der Waals surface area contributed by atoms with Crippen LogP contribution in [0.5, 0.6) is 0 Å². The molecule has 154 valence electrons. The second-order valence-electron chi connectivity index (χ2n) is 7.29. The number of anilines is 1. The summed E-state index contributed by atoms with van der Waals surface area (Å²) in [4.78, 5) is 18.5. The van der Waals surface area contributed by atoms with E-state index >= 15 is 0 Å². The molecule has 0 aliphatic rings. The minimum atomic E-state index is -3.71. The Morgan fingerprint density at radius 3 is 2.48 bits per heavy atom. The normalized spacial score (nSPS) is 11.9. The zero-order chi connectivity index (χ0) is 21.2. The molecular weight excluding hydrogens is 408 g/mol. The van der Waals surface area contributed by atoms with Gasteiger partial charge in [0, 0.05) is 17.6 Å². The van der Waals surface area contributed by atoms with E-state index in [9.17, 15) is 13.2 Å². The Bertz CT molecular complexity index is 1140. The fourth-order valence-electron chi connectivity index (χ4n) is 2.98. The number of nitrogen functional groups attached to an aromatic ring is 1. The van der Waals surface area contributed by atoms with Crippen molar-refractivity contribution >= 4 is 43.2 Å². The number of sulfonamides is 1. The number of hydrogen-bond donors (Lipinski definition) is 3. The molecule has 3 aromatic rings. The van der Waals surface area contributed by atoms with Crippen molar-refractivity contribution in [2.24, 2.45) is 11.1 Å². The average molecular weight is 433 g/mol. The van der Waals surface area contributed by atoms with Gasteiger partial charge in [0.2, 0.25) is 10.0 Å². The highest BCUT2D eigenvalue weighted by Gasteiger charge is 2.17. The van der Waals surface area contributed by atoms with E-state index in [1.165, 1.54) is 23.5 Å². The van der Waals surface area contributed by atoms with E-state index in [2.05, 4.69) is 24.1 Å². The lowest BCUT2D eigenvalue weighted by atomic mass is 10.1. The van der Waals surface area contributed by atoms with E-state index in [-0.39, 0.29) is 10.8 Å². The minimum absolute atomic E-state index is 0.0627. The number of fused-ring (bicyclic) bond motifs is 1. The molecule has 2 aromatic heterocycles. The van der Waals surface area contributed by atoms with Crippen LogP contribution in [0, 0.1) is 5.92 Å². The Kier molecular flexibility index (Phi) is 6.21. The number of primary sulfonamides is 1. The lowest BCUT2D eigenvalue weighted by molar-refractivity contribution is 0.0959. The number of amides is 1. The van der Waals surface area contributed by atoms with Gasteiger partial charge in [-0.3, -0.25) is 4.79 Å². The number of thiophene rings is 1. The fourth-order valence-corrected chi connectivity index (χ4v) is 4.53. The van der Waals surface area contributed by atoms with Gasteiger partial charge in [-0.2, -0.15) is 0 Å². The molecule has 0 bridgehead atoms. The molecule has 0 aliphatic carbocycles. The third-order valence-corrected chi connectivity index (χ3v) is 6.47. The summed E-state index contributed by atoms with van der Waals surface area (Å²) in [5.74, 6) is 0.260. The van der Waals surface area contributed by atoms with Gasteiger partial charge in [0.15, 0.2) is 0 Å². The zero-order valence-corrected chi connectivity index (χ0v) is 17.9. The van der Waals surface area contributed by atoms with Crippen LogP contribution < -0.4 is 16.2 Å². The number of carbonyl (C=O) groups is 1. The number of rotatable bonds is 7. The summed E-state index contributed by atoms with van der Waals surface area (Å²) in [6.45, 7) is 4.67. The Hall–Kier alpha value is -2.49. The highest BCUT2D eigenvalue weighted by Crippen LogP contribution is 2.32. The summed E-state index contributed by atoms with van der Waals surface area (Å²) < 4.78 is 22.6. The number of nitrogens with zero attached hydrogens (tertiary/aromatic N) is 1. The SMILES string of the molecule is CC(C)Cc1ccc2c(N)c(C(=O)NCCc3ccc(S(N)(=O)=O)cc3)sc2n1. The van der Waals surface area contributed by atoms with Crippen molar-refractivity contribution in [1.82, 2.24) is 10.3 Å². The average Bonchev–Trinajstić information content (AvgIpc) is 2.97. The molecule has 7 nitrogen and oxygen atoms in total. The maximum atomic E-state index is 12.6. The van der Waals surface area contributed by atoms with Crippen LogP contribution in [0.4, 0.5) is 5.69 Å². The van der Waals surface area contributed by atoms with Gasteiger partial charge < -0.3 is 11.1 Å². The Morgan fingerprint density at radius 1 is 1.17 bits per heavy atom. The van der Waals surface area contributed by atoms with Crippen molar-refractivity contribution in [3.05, 3.63) is 52.5 Å². The van der Waals surface area contributed by atoms with Crippen LogP contribution in [-0.2, 0) is 22.9 Å². The number of nitrogens with two attached hydrogens (primary N) is 2. The molecular formula is C20H24N4O3S2. The Morgan fingerprint density at radius 2 is 1.86 bits per heavy atom. The molecule has 0 aliphatic heterocycles. The number of carbonyl (C=O) groups excluding carboxylic acids is 1.